The number of rotatable bonds is 3. The van der Waals surface area contributed by atoms with Gasteiger partial charge in [0.25, 0.3) is 0 Å². The highest BCUT2D eigenvalue weighted by atomic mass is 16.3. The van der Waals surface area contributed by atoms with E-state index in [9.17, 15) is 10.2 Å². The van der Waals surface area contributed by atoms with Crippen molar-refractivity contribution in [2.75, 3.05) is 0 Å². The maximum atomic E-state index is 10.2. The zero-order valence-corrected chi connectivity index (χ0v) is 11.2. The quantitative estimate of drug-likeness (QED) is 0.875. The first-order chi connectivity index (χ1) is 8.43. The molecular formula is C15H21NO2. The highest BCUT2D eigenvalue weighted by Gasteiger charge is 2.23. The molecule has 1 aromatic heterocycles. The summed E-state index contributed by atoms with van der Waals surface area (Å²) >= 11 is 0. The molecule has 0 aliphatic heterocycles. The second kappa shape index (κ2) is 4.75. The molecule has 2 N–H and O–H groups in total. The Kier molecular flexibility index (Phi) is 3.46. The van der Waals surface area contributed by atoms with E-state index in [-0.39, 0.29) is 12.0 Å². The lowest BCUT2D eigenvalue weighted by atomic mass is 9.89. The second-order valence-corrected chi connectivity index (χ2v) is 5.86. The van der Waals surface area contributed by atoms with Gasteiger partial charge in [-0.25, -0.2) is 0 Å². The number of benzene rings is 1. The monoisotopic (exact) mass is 247 g/mol. The average molecular weight is 247 g/mol. The topological polar surface area (TPSA) is 45.4 Å². The summed E-state index contributed by atoms with van der Waals surface area (Å²) < 4.78 is 2.02. The minimum atomic E-state index is -0.417. The van der Waals surface area contributed by atoms with E-state index in [0.29, 0.717) is 6.54 Å². The van der Waals surface area contributed by atoms with Gasteiger partial charge in [-0.3, -0.25) is 0 Å². The third kappa shape index (κ3) is 2.42. The summed E-state index contributed by atoms with van der Waals surface area (Å²) in [6, 6.07) is 7.90. The molecule has 1 heterocycles. The Bertz CT molecular complexity index is 537. The molecule has 0 saturated carbocycles. The van der Waals surface area contributed by atoms with Crippen molar-refractivity contribution in [2.24, 2.45) is 5.41 Å². The van der Waals surface area contributed by atoms with Gasteiger partial charge in [-0.1, -0.05) is 39.0 Å². The van der Waals surface area contributed by atoms with Gasteiger partial charge in [0, 0.05) is 18.3 Å². The molecule has 0 aliphatic rings. The smallest absolute Gasteiger partial charge is 0.0767 e. The predicted molar refractivity (Wildman–Crippen MR) is 73.3 cm³/mol. The Balaban J connectivity index is 2.40. The molecule has 3 nitrogen and oxygen atoms in total. The fraction of sp³-hybridized carbons (Fsp3) is 0.467. The first-order valence-corrected chi connectivity index (χ1v) is 6.29. The SMILES string of the molecule is CC(C)(C)C(O)Cn1ccc2cccc(CO)c21. The molecule has 1 aromatic carbocycles. The van der Waals surface area contributed by atoms with Crippen LogP contribution in [0.5, 0.6) is 0 Å². The number of hydrogen-bond donors (Lipinski definition) is 2. The largest absolute Gasteiger partial charge is 0.392 e. The molecule has 2 aromatic rings. The van der Waals surface area contributed by atoms with Gasteiger partial charge in [-0.05, 0) is 16.9 Å². The first-order valence-electron chi connectivity index (χ1n) is 6.29. The van der Waals surface area contributed by atoms with Crippen LogP contribution in [0.1, 0.15) is 26.3 Å². The Morgan fingerprint density at radius 2 is 1.94 bits per heavy atom. The van der Waals surface area contributed by atoms with Crippen LogP contribution in [-0.4, -0.2) is 20.9 Å². The van der Waals surface area contributed by atoms with Crippen LogP contribution < -0.4 is 0 Å². The second-order valence-electron chi connectivity index (χ2n) is 5.86. The normalized spacial score (nSPS) is 14.1. The molecule has 0 saturated heterocycles. The van der Waals surface area contributed by atoms with Crippen molar-refractivity contribution in [3.8, 4) is 0 Å². The molecule has 0 bridgehead atoms. The van der Waals surface area contributed by atoms with Gasteiger partial charge in [0.2, 0.25) is 0 Å². The molecule has 0 aliphatic carbocycles. The molecule has 0 fully saturated rings. The Morgan fingerprint density at radius 3 is 2.56 bits per heavy atom. The maximum Gasteiger partial charge on any atom is 0.0767 e. The van der Waals surface area contributed by atoms with Crippen LogP contribution in [0.3, 0.4) is 0 Å². The van der Waals surface area contributed by atoms with Crippen molar-refractivity contribution in [3.05, 3.63) is 36.0 Å². The van der Waals surface area contributed by atoms with Gasteiger partial charge < -0.3 is 14.8 Å². The van der Waals surface area contributed by atoms with E-state index in [2.05, 4.69) is 0 Å². The van der Waals surface area contributed by atoms with Gasteiger partial charge in [0.1, 0.15) is 0 Å². The number of nitrogens with zero attached hydrogens (tertiary/aromatic N) is 1. The highest BCUT2D eigenvalue weighted by molar-refractivity contribution is 5.83. The van der Waals surface area contributed by atoms with Crippen molar-refractivity contribution < 1.29 is 10.2 Å². The fourth-order valence-electron chi connectivity index (χ4n) is 2.08. The zero-order valence-electron chi connectivity index (χ0n) is 11.2. The molecule has 18 heavy (non-hydrogen) atoms. The van der Waals surface area contributed by atoms with Gasteiger partial charge in [0.15, 0.2) is 0 Å². The molecular weight excluding hydrogens is 226 g/mol. The van der Waals surface area contributed by atoms with E-state index in [1.165, 1.54) is 0 Å². The molecule has 3 heteroatoms. The van der Waals surface area contributed by atoms with Crippen LogP contribution in [0.15, 0.2) is 30.5 Å². The molecule has 0 spiro atoms. The van der Waals surface area contributed by atoms with Gasteiger partial charge in [-0.2, -0.15) is 0 Å². The number of fused-ring (bicyclic) bond motifs is 1. The van der Waals surface area contributed by atoms with E-state index >= 15 is 0 Å². The summed E-state index contributed by atoms with van der Waals surface area (Å²) in [4.78, 5) is 0. The third-order valence-electron chi connectivity index (χ3n) is 3.41. The lowest BCUT2D eigenvalue weighted by Crippen LogP contribution is -2.30. The van der Waals surface area contributed by atoms with Crippen LogP contribution in [0, 0.1) is 5.41 Å². The summed E-state index contributed by atoms with van der Waals surface area (Å²) in [6.07, 6.45) is 1.55. The van der Waals surface area contributed by atoms with E-state index in [4.69, 9.17) is 0 Å². The average Bonchev–Trinajstić information content (AvgIpc) is 2.71. The van der Waals surface area contributed by atoms with Crippen LogP contribution >= 0.6 is 0 Å². The summed E-state index contributed by atoms with van der Waals surface area (Å²) in [6.45, 7) is 6.64. The number of para-hydroxylation sites is 1. The number of aromatic nitrogens is 1. The molecule has 98 valence electrons. The zero-order chi connectivity index (χ0) is 13.3. The maximum absolute atomic E-state index is 10.2. The number of hydrogen-bond acceptors (Lipinski definition) is 2. The van der Waals surface area contributed by atoms with E-state index < -0.39 is 6.10 Å². The van der Waals surface area contributed by atoms with Crippen molar-refractivity contribution in [1.82, 2.24) is 4.57 Å². The molecule has 1 unspecified atom stereocenters. The standard InChI is InChI=1S/C15H21NO2/c1-15(2,3)13(18)9-16-8-7-11-5-4-6-12(10-17)14(11)16/h4-8,13,17-18H,9-10H2,1-3H3. The Labute approximate surface area is 108 Å². The summed E-state index contributed by atoms with van der Waals surface area (Å²) in [5.74, 6) is 0. The van der Waals surface area contributed by atoms with Gasteiger partial charge in [-0.15, -0.1) is 0 Å². The summed E-state index contributed by atoms with van der Waals surface area (Å²) in [7, 11) is 0. The first kappa shape index (κ1) is 13.1. The van der Waals surface area contributed by atoms with Crippen LogP contribution in [-0.2, 0) is 13.2 Å². The van der Waals surface area contributed by atoms with Gasteiger partial charge >= 0.3 is 0 Å². The molecule has 0 amide bonds. The number of aliphatic hydroxyl groups is 2. The Hall–Kier alpha value is -1.32. The van der Waals surface area contributed by atoms with Crippen LogP contribution in [0.4, 0.5) is 0 Å². The van der Waals surface area contributed by atoms with Crippen LogP contribution in [0.25, 0.3) is 10.9 Å². The van der Waals surface area contributed by atoms with Crippen molar-refractivity contribution >= 4 is 10.9 Å². The number of aliphatic hydroxyl groups excluding tert-OH is 2. The van der Waals surface area contributed by atoms with Crippen LogP contribution in [0.2, 0.25) is 0 Å². The Morgan fingerprint density at radius 1 is 1.22 bits per heavy atom. The van der Waals surface area contributed by atoms with E-state index in [1.54, 1.807) is 0 Å². The lowest BCUT2D eigenvalue weighted by Gasteiger charge is -2.26. The van der Waals surface area contributed by atoms with Crippen molar-refractivity contribution in [3.63, 3.8) is 0 Å². The summed E-state index contributed by atoms with van der Waals surface area (Å²) in [5.41, 5.74) is 1.77. The van der Waals surface area contributed by atoms with Gasteiger partial charge in [0.05, 0.1) is 18.2 Å². The van der Waals surface area contributed by atoms with Crippen molar-refractivity contribution in [2.45, 2.75) is 40.0 Å². The predicted octanol–water partition coefficient (Wildman–Crippen LogP) is 2.54. The van der Waals surface area contributed by atoms with Crippen molar-refractivity contribution in [1.29, 1.82) is 0 Å². The minimum absolute atomic E-state index is 0.0208. The van der Waals surface area contributed by atoms with E-state index in [0.717, 1.165) is 16.5 Å². The molecule has 1 atom stereocenters. The fourth-order valence-corrected chi connectivity index (χ4v) is 2.08. The minimum Gasteiger partial charge on any atom is -0.392 e. The summed E-state index contributed by atoms with van der Waals surface area (Å²) in [5, 5.41) is 20.7. The van der Waals surface area contributed by atoms with E-state index in [1.807, 2.05) is 55.8 Å². The third-order valence-corrected chi connectivity index (χ3v) is 3.41. The lowest BCUT2D eigenvalue weighted by molar-refractivity contribution is 0.0491. The molecule has 2 rings (SSSR count). The highest BCUT2D eigenvalue weighted by Crippen LogP contribution is 2.25. The molecule has 0 radical (unpaired) electrons.